The summed E-state index contributed by atoms with van der Waals surface area (Å²) in [5.74, 6) is -1.16. The normalized spacial score (nSPS) is 11.5. The Kier molecular flexibility index (Phi) is 7.39. The lowest BCUT2D eigenvalue weighted by Crippen LogP contribution is -2.36. The number of hydrogen-bond donors (Lipinski definition) is 2. The third kappa shape index (κ3) is 5.91. The number of rotatable bonds is 8. The molecule has 3 N–H and O–H groups in total. The molecule has 0 spiro atoms. The van der Waals surface area contributed by atoms with Gasteiger partial charge in [-0.2, -0.15) is 0 Å². The smallest absolute Gasteiger partial charge is 0.305 e. The molecule has 0 fully saturated rings. The summed E-state index contributed by atoms with van der Waals surface area (Å²) in [5.41, 5.74) is 6.42. The lowest BCUT2D eigenvalue weighted by atomic mass is 9.98. The zero-order valence-electron chi connectivity index (χ0n) is 12.0. The van der Waals surface area contributed by atoms with Gasteiger partial charge in [0.1, 0.15) is 5.92 Å². The van der Waals surface area contributed by atoms with Crippen molar-refractivity contribution in [2.45, 2.75) is 25.7 Å². The first kappa shape index (κ1) is 17.1. The van der Waals surface area contributed by atoms with Crippen molar-refractivity contribution in [1.82, 2.24) is 5.32 Å². The number of thiocarbonyl (C=S) groups is 1. The maximum atomic E-state index is 12.2. The van der Waals surface area contributed by atoms with Crippen molar-refractivity contribution < 1.29 is 14.3 Å². The van der Waals surface area contributed by atoms with Crippen LogP contribution in [-0.2, 0) is 14.3 Å². The molecule has 0 heterocycles. The highest BCUT2D eigenvalue weighted by atomic mass is 32.1. The second-order valence-corrected chi connectivity index (χ2v) is 4.92. The fourth-order valence-electron chi connectivity index (χ4n) is 1.87. The molecule has 0 radical (unpaired) electrons. The lowest BCUT2D eigenvalue weighted by molar-refractivity contribution is -0.143. The molecular formula is C15H20N2O3S. The third-order valence-electron chi connectivity index (χ3n) is 2.84. The maximum Gasteiger partial charge on any atom is 0.305 e. The molecule has 0 aliphatic heterocycles. The minimum Gasteiger partial charge on any atom is -0.466 e. The van der Waals surface area contributed by atoms with E-state index in [0.717, 1.165) is 5.56 Å². The van der Waals surface area contributed by atoms with Crippen LogP contribution in [0.25, 0.3) is 0 Å². The number of amides is 1. The monoisotopic (exact) mass is 308 g/mol. The quantitative estimate of drug-likeness (QED) is 0.432. The average Bonchev–Trinajstić information content (AvgIpc) is 2.45. The van der Waals surface area contributed by atoms with Gasteiger partial charge in [-0.15, -0.1) is 0 Å². The molecule has 1 unspecified atom stereocenters. The molecular weight excluding hydrogens is 288 g/mol. The molecule has 0 aliphatic rings. The molecule has 5 nitrogen and oxygen atoms in total. The van der Waals surface area contributed by atoms with Crippen molar-refractivity contribution in [1.29, 1.82) is 0 Å². The SMILES string of the molecule is CCOC(=O)CCCNC(=O)C(C(N)=S)c1ccccc1. The molecule has 21 heavy (non-hydrogen) atoms. The van der Waals surface area contributed by atoms with E-state index in [1.165, 1.54) is 0 Å². The molecule has 1 aromatic rings. The lowest BCUT2D eigenvalue weighted by Gasteiger charge is -2.15. The van der Waals surface area contributed by atoms with Gasteiger partial charge in [0.2, 0.25) is 5.91 Å². The molecule has 1 aromatic carbocycles. The van der Waals surface area contributed by atoms with Gasteiger partial charge in [-0.1, -0.05) is 42.5 Å². The standard InChI is InChI=1S/C15H20N2O3S/c1-2-20-12(18)9-6-10-17-15(19)13(14(16)21)11-7-4-3-5-8-11/h3-5,7-8,13H,2,6,9-10H2,1H3,(H2,16,21)(H,17,19). The summed E-state index contributed by atoms with van der Waals surface area (Å²) in [6.45, 7) is 2.50. The van der Waals surface area contributed by atoms with Crippen LogP contribution in [0.2, 0.25) is 0 Å². The van der Waals surface area contributed by atoms with Crippen LogP contribution in [0.5, 0.6) is 0 Å². The Labute approximate surface area is 129 Å². The summed E-state index contributed by atoms with van der Waals surface area (Å²) in [7, 11) is 0. The fraction of sp³-hybridized carbons (Fsp3) is 0.400. The van der Waals surface area contributed by atoms with Crippen LogP contribution in [0, 0.1) is 0 Å². The zero-order chi connectivity index (χ0) is 15.7. The second-order valence-electron chi connectivity index (χ2n) is 4.45. The summed E-state index contributed by atoms with van der Waals surface area (Å²) in [6, 6.07) is 9.13. The molecule has 1 amide bonds. The summed E-state index contributed by atoms with van der Waals surface area (Å²) in [4.78, 5) is 23.5. The van der Waals surface area contributed by atoms with Crippen molar-refractivity contribution in [3.05, 3.63) is 35.9 Å². The number of ether oxygens (including phenoxy) is 1. The van der Waals surface area contributed by atoms with Gasteiger partial charge in [0.25, 0.3) is 0 Å². The van der Waals surface area contributed by atoms with Gasteiger partial charge in [-0.3, -0.25) is 9.59 Å². The van der Waals surface area contributed by atoms with Crippen LogP contribution < -0.4 is 11.1 Å². The van der Waals surface area contributed by atoms with E-state index in [4.69, 9.17) is 22.7 Å². The first-order valence-electron chi connectivity index (χ1n) is 6.83. The first-order valence-corrected chi connectivity index (χ1v) is 7.24. The Balaban J connectivity index is 2.48. The van der Waals surface area contributed by atoms with Gasteiger partial charge in [0, 0.05) is 13.0 Å². The second kappa shape index (κ2) is 9.07. The molecule has 0 aromatic heterocycles. The van der Waals surface area contributed by atoms with Gasteiger partial charge < -0.3 is 15.8 Å². The summed E-state index contributed by atoms with van der Waals surface area (Å²) in [5, 5.41) is 2.75. The van der Waals surface area contributed by atoms with E-state index in [9.17, 15) is 9.59 Å². The van der Waals surface area contributed by atoms with Crippen LogP contribution in [0.15, 0.2) is 30.3 Å². The van der Waals surface area contributed by atoms with Crippen molar-refractivity contribution in [3.63, 3.8) is 0 Å². The Bertz CT molecular complexity index is 491. The number of nitrogens with two attached hydrogens (primary N) is 1. The maximum absolute atomic E-state index is 12.2. The summed E-state index contributed by atoms with van der Waals surface area (Å²) in [6.07, 6.45) is 0.792. The van der Waals surface area contributed by atoms with Crippen molar-refractivity contribution >= 4 is 29.1 Å². The number of benzene rings is 1. The molecule has 6 heteroatoms. The number of carbonyl (C=O) groups excluding carboxylic acids is 2. The third-order valence-corrected chi connectivity index (χ3v) is 3.08. The van der Waals surface area contributed by atoms with Crippen LogP contribution in [0.1, 0.15) is 31.2 Å². The van der Waals surface area contributed by atoms with Gasteiger partial charge >= 0.3 is 5.97 Å². The van der Waals surface area contributed by atoms with Crippen LogP contribution in [0.3, 0.4) is 0 Å². The molecule has 114 valence electrons. The van der Waals surface area contributed by atoms with Crippen molar-refractivity contribution in [2.75, 3.05) is 13.2 Å². The fourth-order valence-corrected chi connectivity index (χ4v) is 2.11. The minimum atomic E-state index is -0.649. The number of hydrogen-bond acceptors (Lipinski definition) is 4. The van der Waals surface area contributed by atoms with Gasteiger partial charge in [0.05, 0.1) is 11.6 Å². The van der Waals surface area contributed by atoms with E-state index in [0.29, 0.717) is 19.6 Å². The Morgan fingerprint density at radius 2 is 2.00 bits per heavy atom. The highest BCUT2D eigenvalue weighted by molar-refractivity contribution is 7.80. The molecule has 0 saturated carbocycles. The highest BCUT2D eigenvalue weighted by Gasteiger charge is 2.22. The van der Waals surface area contributed by atoms with E-state index < -0.39 is 5.92 Å². The molecule has 1 rings (SSSR count). The Morgan fingerprint density at radius 1 is 1.33 bits per heavy atom. The van der Waals surface area contributed by atoms with E-state index in [-0.39, 0.29) is 23.3 Å². The molecule has 0 saturated heterocycles. The van der Waals surface area contributed by atoms with Gasteiger partial charge in [-0.05, 0) is 18.9 Å². The predicted octanol–water partition coefficient (Wildman–Crippen LogP) is 1.52. The molecule has 0 bridgehead atoms. The molecule has 1 atom stereocenters. The van der Waals surface area contributed by atoms with E-state index in [1.54, 1.807) is 6.92 Å². The average molecular weight is 308 g/mol. The van der Waals surface area contributed by atoms with Gasteiger partial charge in [-0.25, -0.2) is 0 Å². The van der Waals surface area contributed by atoms with Crippen LogP contribution in [0.4, 0.5) is 0 Å². The number of carbonyl (C=O) groups is 2. The van der Waals surface area contributed by atoms with Crippen molar-refractivity contribution in [2.24, 2.45) is 5.73 Å². The van der Waals surface area contributed by atoms with E-state index in [1.807, 2.05) is 30.3 Å². The topological polar surface area (TPSA) is 81.4 Å². The van der Waals surface area contributed by atoms with Gasteiger partial charge in [0.15, 0.2) is 0 Å². The first-order chi connectivity index (χ1) is 10.1. The number of nitrogens with one attached hydrogen (secondary N) is 1. The predicted molar refractivity (Wildman–Crippen MR) is 84.8 cm³/mol. The van der Waals surface area contributed by atoms with Crippen molar-refractivity contribution in [3.8, 4) is 0 Å². The largest absolute Gasteiger partial charge is 0.466 e. The molecule has 0 aliphatic carbocycles. The van der Waals surface area contributed by atoms with E-state index >= 15 is 0 Å². The van der Waals surface area contributed by atoms with E-state index in [2.05, 4.69) is 5.32 Å². The minimum absolute atomic E-state index is 0.129. The highest BCUT2D eigenvalue weighted by Crippen LogP contribution is 2.16. The summed E-state index contributed by atoms with van der Waals surface area (Å²) < 4.78 is 4.81. The zero-order valence-corrected chi connectivity index (χ0v) is 12.8. The number of esters is 1. The Hall–Kier alpha value is -1.95. The summed E-state index contributed by atoms with van der Waals surface area (Å²) >= 11 is 4.97. The van der Waals surface area contributed by atoms with Crippen LogP contribution in [-0.4, -0.2) is 30.0 Å². The Morgan fingerprint density at radius 3 is 2.57 bits per heavy atom. The van der Waals surface area contributed by atoms with Crippen LogP contribution >= 0.6 is 12.2 Å².